The summed E-state index contributed by atoms with van der Waals surface area (Å²) in [6.07, 6.45) is 1.48. The number of nitrogens with one attached hydrogen (secondary N) is 3. The van der Waals surface area contributed by atoms with Crippen molar-refractivity contribution in [2.45, 2.75) is 13.3 Å². The lowest BCUT2D eigenvalue weighted by Gasteiger charge is -2.12. The van der Waals surface area contributed by atoms with Crippen molar-refractivity contribution >= 4 is 17.5 Å². The molecular weight excluding hydrogens is 382 g/mol. The van der Waals surface area contributed by atoms with Crippen molar-refractivity contribution in [1.82, 2.24) is 14.9 Å². The zero-order valence-electron chi connectivity index (χ0n) is 15.5. The molecule has 0 fully saturated rings. The van der Waals surface area contributed by atoms with E-state index in [1.165, 1.54) is 4.57 Å². The van der Waals surface area contributed by atoms with E-state index >= 15 is 0 Å². The summed E-state index contributed by atoms with van der Waals surface area (Å²) in [6.45, 7) is 1.70. The number of benzene rings is 2. The minimum Gasteiger partial charge on any atom is -0.351 e. The predicted molar refractivity (Wildman–Crippen MR) is 103 cm³/mol. The fourth-order valence-corrected chi connectivity index (χ4v) is 2.80. The van der Waals surface area contributed by atoms with E-state index in [0.29, 0.717) is 23.1 Å². The molecule has 150 valence electrons. The molecule has 3 aromatic rings. The lowest BCUT2D eigenvalue weighted by Crippen LogP contribution is -2.28. The first kappa shape index (κ1) is 20.0. The number of amides is 2. The Kier molecular flexibility index (Phi) is 5.87. The van der Waals surface area contributed by atoms with Crippen LogP contribution in [0.15, 0.2) is 53.5 Å². The molecule has 0 atom stereocenters. The molecule has 0 radical (unpaired) electrons. The maximum absolute atomic E-state index is 13.6. The topological polar surface area (TPSA) is 96.0 Å². The third-order valence-electron chi connectivity index (χ3n) is 4.19. The number of hydrogen-bond donors (Lipinski definition) is 3. The van der Waals surface area contributed by atoms with Crippen LogP contribution in [0, 0.1) is 18.6 Å². The number of H-pyrrole nitrogens is 1. The van der Waals surface area contributed by atoms with E-state index in [0.717, 1.165) is 12.1 Å². The molecule has 0 saturated heterocycles. The average Bonchev–Trinajstić information content (AvgIpc) is 3.00. The summed E-state index contributed by atoms with van der Waals surface area (Å²) in [7, 11) is 0. The number of para-hydroxylation sites is 2. The molecular formula is C20H18F2N4O3. The minimum atomic E-state index is -0.979. The number of rotatable bonds is 6. The number of carbonyl (C=O) groups excluding carboxylic acids is 2. The van der Waals surface area contributed by atoms with Gasteiger partial charge in [-0.2, -0.15) is 0 Å². The first-order valence-electron chi connectivity index (χ1n) is 8.76. The number of carbonyl (C=O) groups is 2. The Morgan fingerprint density at radius 1 is 1.14 bits per heavy atom. The lowest BCUT2D eigenvalue weighted by molar-refractivity contribution is -0.116. The Labute approximate surface area is 164 Å². The molecule has 1 aromatic heterocycles. The molecule has 0 aliphatic carbocycles. The van der Waals surface area contributed by atoms with Crippen LogP contribution in [0.5, 0.6) is 0 Å². The Morgan fingerprint density at radius 3 is 2.59 bits per heavy atom. The molecule has 0 spiro atoms. The zero-order valence-corrected chi connectivity index (χ0v) is 15.5. The van der Waals surface area contributed by atoms with Gasteiger partial charge in [0.25, 0.3) is 5.91 Å². The predicted octanol–water partition coefficient (Wildman–Crippen LogP) is 2.51. The molecule has 3 rings (SSSR count). The summed E-state index contributed by atoms with van der Waals surface area (Å²) in [5.74, 6) is -2.91. The Balaban J connectivity index is 1.62. The molecule has 29 heavy (non-hydrogen) atoms. The molecule has 9 heteroatoms. The smallest absolute Gasteiger partial charge is 0.330 e. The number of imidazole rings is 1. The van der Waals surface area contributed by atoms with E-state index < -0.39 is 23.4 Å². The van der Waals surface area contributed by atoms with Crippen LogP contribution in [0.3, 0.4) is 0 Å². The Morgan fingerprint density at radius 2 is 1.90 bits per heavy atom. The van der Waals surface area contributed by atoms with Crippen LogP contribution >= 0.6 is 0 Å². The second-order valence-corrected chi connectivity index (χ2v) is 6.27. The van der Waals surface area contributed by atoms with Crippen LogP contribution in [-0.4, -0.2) is 27.9 Å². The molecule has 0 unspecified atom stereocenters. The SMILES string of the molecule is Cc1c[nH]c(=O)n1-c1ccccc1NC(=O)CCNC(=O)c1ccc(F)cc1F. The summed E-state index contributed by atoms with van der Waals surface area (Å²) in [6, 6.07) is 9.42. The first-order valence-corrected chi connectivity index (χ1v) is 8.76. The van der Waals surface area contributed by atoms with Crippen molar-refractivity contribution in [3.63, 3.8) is 0 Å². The fraction of sp³-hybridized carbons (Fsp3) is 0.150. The van der Waals surface area contributed by atoms with Gasteiger partial charge in [-0.25, -0.2) is 13.6 Å². The largest absolute Gasteiger partial charge is 0.351 e. The van der Waals surface area contributed by atoms with E-state index in [9.17, 15) is 23.2 Å². The highest BCUT2D eigenvalue weighted by Crippen LogP contribution is 2.20. The highest BCUT2D eigenvalue weighted by Gasteiger charge is 2.14. The van der Waals surface area contributed by atoms with E-state index in [1.54, 1.807) is 37.4 Å². The number of halogens is 2. The standard InChI is InChI=1S/C20H18F2N4O3/c1-12-11-24-20(29)26(12)17-5-3-2-4-16(17)25-18(27)8-9-23-19(28)14-7-6-13(21)10-15(14)22/h2-7,10-11H,8-9H2,1H3,(H,23,28)(H,24,29)(H,25,27). The van der Waals surface area contributed by atoms with Crippen molar-refractivity contribution in [3.8, 4) is 5.69 Å². The van der Waals surface area contributed by atoms with Crippen molar-refractivity contribution in [2.24, 2.45) is 0 Å². The van der Waals surface area contributed by atoms with Gasteiger partial charge in [-0.3, -0.25) is 14.2 Å². The number of aromatic nitrogens is 2. The number of hydrogen-bond acceptors (Lipinski definition) is 3. The molecule has 1 heterocycles. The van der Waals surface area contributed by atoms with Crippen LogP contribution < -0.4 is 16.3 Å². The fourth-order valence-electron chi connectivity index (χ4n) is 2.80. The van der Waals surface area contributed by atoms with Gasteiger partial charge in [0.15, 0.2) is 0 Å². The number of anilines is 1. The van der Waals surface area contributed by atoms with E-state index in [-0.39, 0.29) is 24.2 Å². The monoisotopic (exact) mass is 400 g/mol. The van der Waals surface area contributed by atoms with Gasteiger partial charge in [-0.1, -0.05) is 12.1 Å². The molecule has 0 aliphatic rings. The van der Waals surface area contributed by atoms with Crippen molar-refractivity contribution in [3.05, 3.63) is 82.0 Å². The normalized spacial score (nSPS) is 10.6. The van der Waals surface area contributed by atoms with Gasteiger partial charge in [0, 0.05) is 30.9 Å². The molecule has 2 aromatic carbocycles. The lowest BCUT2D eigenvalue weighted by atomic mass is 10.2. The highest BCUT2D eigenvalue weighted by atomic mass is 19.1. The summed E-state index contributed by atoms with van der Waals surface area (Å²) >= 11 is 0. The number of aryl methyl sites for hydroxylation is 1. The van der Waals surface area contributed by atoms with E-state index in [4.69, 9.17) is 0 Å². The van der Waals surface area contributed by atoms with E-state index in [2.05, 4.69) is 15.6 Å². The first-order chi connectivity index (χ1) is 13.9. The van der Waals surface area contributed by atoms with Crippen LogP contribution in [0.2, 0.25) is 0 Å². The molecule has 3 N–H and O–H groups in total. The van der Waals surface area contributed by atoms with Gasteiger partial charge in [-0.05, 0) is 31.2 Å². The van der Waals surface area contributed by atoms with Gasteiger partial charge in [0.05, 0.1) is 16.9 Å². The molecule has 2 amide bonds. The summed E-state index contributed by atoms with van der Waals surface area (Å²) in [5.41, 5.74) is 0.961. The van der Waals surface area contributed by atoms with Crippen LogP contribution in [-0.2, 0) is 4.79 Å². The third kappa shape index (κ3) is 4.57. The summed E-state index contributed by atoms with van der Waals surface area (Å²) < 4.78 is 27.9. The highest BCUT2D eigenvalue weighted by molar-refractivity contribution is 5.96. The second-order valence-electron chi connectivity index (χ2n) is 6.27. The van der Waals surface area contributed by atoms with Gasteiger partial charge < -0.3 is 15.6 Å². The number of nitrogens with zero attached hydrogens (tertiary/aromatic N) is 1. The summed E-state index contributed by atoms with van der Waals surface area (Å²) in [5, 5.41) is 5.11. The van der Waals surface area contributed by atoms with Gasteiger partial charge in [0.2, 0.25) is 5.91 Å². The molecule has 0 bridgehead atoms. The maximum atomic E-state index is 13.6. The quantitative estimate of drug-likeness (QED) is 0.593. The van der Waals surface area contributed by atoms with Crippen LogP contribution in [0.4, 0.5) is 14.5 Å². The Hall–Kier alpha value is -3.75. The van der Waals surface area contributed by atoms with Crippen LogP contribution in [0.1, 0.15) is 22.5 Å². The number of aromatic amines is 1. The van der Waals surface area contributed by atoms with Crippen LogP contribution in [0.25, 0.3) is 5.69 Å². The second kappa shape index (κ2) is 8.51. The van der Waals surface area contributed by atoms with Gasteiger partial charge >= 0.3 is 5.69 Å². The van der Waals surface area contributed by atoms with Crippen molar-refractivity contribution < 1.29 is 18.4 Å². The Bertz CT molecular complexity index is 1120. The summed E-state index contributed by atoms with van der Waals surface area (Å²) in [4.78, 5) is 38.8. The zero-order chi connectivity index (χ0) is 21.0. The third-order valence-corrected chi connectivity index (χ3v) is 4.19. The maximum Gasteiger partial charge on any atom is 0.330 e. The van der Waals surface area contributed by atoms with Gasteiger partial charge in [0.1, 0.15) is 11.6 Å². The van der Waals surface area contributed by atoms with Crippen molar-refractivity contribution in [1.29, 1.82) is 0 Å². The molecule has 0 saturated carbocycles. The van der Waals surface area contributed by atoms with Crippen molar-refractivity contribution in [2.75, 3.05) is 11.9 Å². The van der Waals surface area contributed by atoms with Gasteiger partial charge in [-0.15, -0.1) is 0 Å². The molecule has 0 aliphatic heterocycles. The minimum absolute atomic E-state index is 0.0488. The van der Waals surface area contributed by atoms with E-state index in [1.807, 2.05) is 0 Å². The average molecular weight is 400 g/mol. The molecule has 7 nitrogen and oxygen atoms in total.